The second-order valence-corrected chi connectivity index (χ2v) is 8.89. The van der Waals surface area contributed by atoms with Crippen molar-refractivity contribution >= 4 is 37.3 Å². The number of morpholine rings is 1. The van der Waals surface area contributed by atoms with Crippen LogP contribution in [0.15, 0.2) is 20.1 Å². The number of hydrogen-bond acceptors (Lipinski definition) is 5. The molecule has 2 atom stereocenters. The predicted molar refractivity (Wildman–Crippen MR) is 81.5 cm³/mol. The molecule has 3 heterocycles. The van der Waals surface area contributed by atoms with Crippen LogP contribution in [-0.4, -0.2) is 51.7 Å². The zero-order valence-corrected chi connectivity index (χ0v) is 14.1. The zero-order valence-electron chi connectivity index (χ0n) is 10.9. The van der Waals surface area contributed by atoms with Crippen LogP contribution in [0.2, 0.25) is 0 Å². The van der Waals surface area contributed by atoms with Gasteiger partial charge in [0.2, 0.25) is 0 Å². The molecule has 0 saturated carbocycles. The zero-order chi connectivity index (χ0) is 14.2. The standard InChI is InChI=1S/C12H17BrN2O3S2/c13-11-3-5-19-12(11)20(16,17)14-6-10-7-15-4-1-2-9(15)8-18-10/h3,5,9-10,14H,1-2,4,6-8H2. The molecular formula is C12H17BrN2O3S2. The molecule has 1 N–H and O–H groups in total. The highest BCUT2D eigenvalue weighted by molar-refractivity contribution is 9.10. The molecule has 0 aromatic carbocycles. The van der Waals surface area contributed by atoms with Crippen LogP contribution in [0.3, 0.4) is 0 Å². The lowest BCUT2D eigenvalue weighted by atomic mass is 10.2. The van der Waals surface area contributed by atoms with Crippen LogP contribution in [0.1, 0.15) is 12.8 Å². The molecular weight excluding hydrogens is 364 g/mol. The molecule has 20 heavy (non-hydrogen) atoms. The summed E-state index contributed by atoms with van der Waals surface area (Å²) >= 11 is 4.47. The smallest absolute Gasteiger partial charge is 0.251 e. The van der Waals surface area contributed by atoms with E-state index in [1.807, 2.05) is 0 Å². The average Bonchev–Trinajstić information content (AvgIpc) is 3.04. The number of rotatable bonds is 4. The molecule has 0 radical (unpaired) electrons. The minimum atomic E-state index is -3.45. The van der Waals surface area contributed by atoms with E-state index in [4.69, 9.17) is 4.74 Å². The Bertz CT molecular complexity index is 575. The van der Waals surface area contributed by atoms with E-state index < -0.39 is 10.0 Å². The van der Waals surface area contributed by atoms with Gasteiger partial charge in [-0.3, -0.25) is 4.90 Å². The molecule has 2 aliphatic rings. The first-order valence-corrected chi connectivity index (χ1v) is 9.80. The lowest BCUT2D eigenvalue weighted by Crippen LogP contribution is -2.50. The Balaban J connectivity index is 1.58. The highest BCUT2D eigenvalue weighted by atomic mass is 79.9. The number of hydrogen-bond donors (Lipinski definition) is 1. The first kappa shape index (κ1) is 14.9. The summed E-state index contributed by atoms with van der Waals surface area (Å²) in [7, 11) is -3.45. The Morgan fingerprint density at radius 3 is 3.15 bits per heavy atom. The Kier molecular flexibility index (Phi) is 4.49. The van der Waals surface area contributed by atoms with Crippen molar-refractivity contribution in [2.75, 3.05) is 26.2 Å². The number of nitrogens with one attached hydrogen (secondary N) is 1. The summed E-state index contributed by atoms with van der Waals surface area (Å²) in [5, 5.41) is 1.75. The second-order valence-electron chi connectivity index (χ2n) is 5.15. The number of halogens is 1. The van der Waals surface area contributed by atoms with Crippen LogP contribution in [-0.2, 0) is 14.8 Å². The van der Waals surface area contributed by atoms with Crippen molar-refractivity contribution in [3.63, 3.8) is 0 Å². The highest BCUT2D eigenvalue weighted by Gasteiger charge is 2.32. The molecule has 0 amide bonds. The van der Waals surface area contributed by atoms with Gasteiger partial charge in [0, 0.05) is 23.6 Å². The van der Waals surface area contributed by atoms with Gasteiger partial charge in [-0.25, -0.2) is 13.1 Å². The molecule has 0 spiro atoms. The SMILES string of the molecule is O=S(=O)(NCC1CN2CCCC2CO1)c1sccc1Br. The van der Waals surface area contributed by atoms with Gasteiger partial charge in [-0.1, -0.05) is 0 Å². The Hall–Kier alpha value is 0.01000. The van der Waals surface area contributed by atoms with Crippen LogP contribution < -0.4 is 4.72 Å². The molecule has 2 aliphatic heterocycles. The van der Waals surface area contributed by atoms with Crippen LogP contribution in [0.4, 0.5) is 0 Å². The predicted octanol–water partition coefficient (Wildman–Crippen LogP) is 1.65. The maximum Gasteiger partial charge on any atom is 0.251 e. The molecule has 2 fully saturated rings. The van der Waals surface area contributed by atoms with Gasteiger partial charge in [0.15, 0.2) is 0 Å². The largest absolute Gasteiger partial charge is 0.374 e. The normalized spacial score (nSPS) is 27.6. The molecule has 3 rings (SSSR count). The van der Waals surface area contributed by atoms with Gasteiger partial charge in [0.1, 0.15) is 4.21 Å². The summed E-state index contributed by atoms with van der Waals surface area (Å²) in [5.74, 6) is 0. The van der Waals surface area contributed by atoms with Crippen molar-refractivity contribution in [1.29, 1.82) is 0 Å². The van der Waals surface area contributed by atoms with Crippen LogP contribution >= 0.6 is 27.3 Å². The third kappa shape index (κ3) is 3.10. The summed E-state index contributed by atoms with van der Waals surface area (Å²) in [4.78, 5) is 2.41. The lowest BCUT2D eigenvalue weighted by Gasteiger charge is -2.35. The fourth-order valence-electron chi connectivity index (χ4n) is 2.75. The van der Waals surface area contributed by atoms with Crippen LogP contribution in [0.25, 0.3) is 0 Å². The van der Waals surface area contributed by atoms with Gasteiger partial charge in [-0.15, -0.1) is 11.3 Å². The molecule has 1 aromatic rings. The molecule has 8 heteroatoms. The van der Waals surface area contributed by atoms with Crippen molar-refractivity contribution in [3.8, 4) is 0 Å². The van der Waals surface area contributed by atoms with Crippen molar-refractivity contribution in [3.05, 3.63) is 15.9 Å². The fourth-order valence-corrected chi connectivity index (χ4v) is 6.20. The molecule has 1 aromatic heterocycles. The topological polar surface area (TPSA) is 58.6 Å². The third-order valence-corrected chi connectivity index (χ3v) is 7.88. The third-order valence-electron chi connectivity index (χ3n) is 3.79. The van der Waals surface area contributed by atoms with E-state index >= 15 is 0 Å². The maximum atomic E-state index is 12.2. The first-order chi connectivity index (χ1) is 9.56. The van der Waals surface area contributed by atoms with E-state index in [-0.39, 0.29) is 6.10 Å². The monoisotopic (exact) mass is 380 g/mol. The number of sulfonamides is 1. The fraction of sp³-hybridized carbons (Fsp3) is 0.667. The van der Waals surface area contributed by atoms with Crippen molar-refractivity contribution in [2.45, 2.75) is 29.2 Å². The summed E-state index contributed by atoms with van der Waals surface area (Å²) in [5.41, 5.74) is 0. The Labute approximate surface area is 131 Å². The minimum Gasteiger partial charge on any atom is -0.374 e. The number of thiophene rings is 1. The van der Waals surface area contributed by atoms with Gasteiger partial charge in [0.05, 0.1) is 12.7 Å². The van der Waals surface area contributed by atoms with Crippen molar-refractivity contribution in [1.82, 2.24) is 9.62 Å². The van der Waals surface area contributed by atoms with E-state index in [9.17, 15) is 8.42 Å². The van der Waals surface area contributed by atoms with Gasteiger partial charge in [-0.05, 0) is 46.8 Å². The summed E-state index contributed by atoms with van der Waals surface area (Å²) < 4.78 is 33.7. The minimum absolute atomic E-state index is 0.0575. The number of nitrogens with zero attached hydrogens (tertiary/aromatic N) is 1. The lowest BCUT2D eigenvalue weighted by molar-refractivity contribution is -0.0448. The molecule has 112 valence electrons. The number of fused-ring (bicyclic) bond motifs is 1. The van der Waals surface area contributed by atoms with Crippen LogP contribution in [0, 0.1) is 0 Å². The van der Waals surface area contributed by atoms with E-state index in [0.29, 0.717) is 21.3 Å². The van der Waals surface area contributed by atoms with E-state index in [1.54, 1.807) is 11.4 Å². The van der Waals surface area contributed by atoms with Gasteiger partial charge in [0.25, 0.3) is 10.0 Å². The highest BCUT2D eigenvalue weighted by Crippen LogP contribution is 2.27. The summed E-state index contributed by atoms with van der Waals surface area (Å²) in [6.07, 6.45) is 2.35. The quantitative estimate of drug-likeness (QED) is 0.862. The number of ether oxygens (including phenoxy) is 1. The Morgan fingerprint density at radius 2 is 2.40 bits per heavy atom. The van der Waals surface area contributed by atoms with Crippen LogP contribution in [0.5, 0.6) is 0 Å². The molecule has 2 saturated heterocycles. The van der Waals surface area contributed by atoms with Crippen molar-refractivity contribution < 1.29 is 13.2 Å². The molecule has 5 nitrogen and oxygen atoms in total. The molecule has 0 bridgehead atoms. The summed E-state index contributed by atoms with van der Waals surface area (Å²) in [6, 6.07) is 2.28. The molecule has 2 unspecified atom stereocenters. The van der Waals surface area contributed by atoms with Gasteiger partial charge in [-0.2, -0.15) is 0 Å². The Morgan fingerprint density at radius 1 is 1.55 bits per heavy atom. The van der Waals surface area contributed by atoms with Gasteiger partial charge >= 0.3 is 0 Å². The molecule has 0 aliphatic carbocycles. The second kappa shape index (κ2) is 6.02. The average molecular weight is 381 g/mol. The summed E-state index contributed by atoms with van der Waals surface area (Å²) in [6.45, 7) is 2.97. The van der Waals surface area contributed by atoms with E-state index in [1.165, 1.54) is 24.2 Å². The first-order valence-electron chi connectivity index (χ1n) is 6.64. The van der Waals surface area contributed by atoms with E-state index in [2.05, 4.69) is 25.6 Å². The van der Waals surface area contributed by atoms with Crippen molar-refractivity contribution in [2.24, 2.45) is 0 Å². The maximum absolute atomic E-state index is 12.2. The van der Waals surface area contributed by atoms with Gasteiger partial charge < -0.3 is 4.74 Å². The van der Waals surface area contributed by atoms with E-state index in [0.717, 1.165) is 19.7 Å².